The monoisotopic (exact) mass is 165 g/mol. The van der Waals surface area contributed by atoms with Gasteiger partial charge >= 0.3 is 0 Å². The van der Waals surface area contributed by atoms with E-state index in [0.717, 1.165) is 6.20 Å². The molecule has 0 aliphatic heterocycles. The van der Waals surface area contributed by atoms with Gasteiger partial charge in [-0.1, -0.05) is 6.08 Å². The van der Waals surface area contributed by atoms with Gasteiger partial charge in [-0.15, -0.1) is 0 Å². The Morgan fingerprint density at radius 1 is 1.50 bits per heavy atom. The van der Waals surface area contributed by atoms with Gasteiger partial charge in [-0.25, -0.2) is 0 Å². The molecule has 4 nitrogen and oxygen atoms in total. The lowest BCUT2D eigenvalue weighted by atomic mass is 10.4. The number of hydrogen-bond donors (Lipinski definition) is 0. The van der Waals surface area contributed by atoms with Crippen LogP contribution in [0.25, 0.3) is 6.08 Å². The molecule has 0 unspecified atom stereocenters. The summed E-state index contributed by atoms with van der Waals surface area (Å²) in [7, 11) is 0. The van der Waals surface area contributed by atoms with Gasteiger partial charge in [0.25, 0.3) is 0 Å². The molecule has 0 spiro atoms. The molecule has 1 aromatic rings. The van der Waals surface area contributed by atoms with Crippen molar-refractivity contribution in [3.63, 3.8) is 0 Å². The van der Waals surface area contributed by atoms with E-state index in [0.29, 0.717) is 5.76 Å². The summed E-state index contributed by atoms with van der Waals surface area (Å²) < 4.78 is 4.95. The van der Waals surface area contributed by atoms with E-state index >= 15 is 0 Å². The quantitative estimate of drug-likeness (QED) is 0.391. The van der Waals surface area contributed by atoms with Gasteiger partial charge < -0.3 is 4.42 Å². The summed E-state index contributed by atoms with van der Waals surface area (Å²) in [5, 5.41) is 9.82. The minimum atomic E-state index is -0.521. The molecule has 0 fully saturated rings. The van der Waals surface area contributed by atoms with Crippen LogP contribution in [0.4, 0.5) is 0 Å². The fourth-order valence-electron chi connectivity index (χ4n) is 0.656. The number of rotatable bonds is 3. The fourth-order valence-corrected chi connectivity index (χ4v) is 0.656. The molecule has 0 aliphatic carbocycles. The third kappa shape index (κ3) is 2.83. The molecule has 0 aliphatic rings. The van der Waals surface area contributed by atoms with Gasteiger partial charge in [0.15, 0.2) is 0 Å². The number of nitro groups is 1. The van der Waals surface area contributed by atoms with E-state index in [9.17, 15) is 10.1 Å². The van der Waals surface area contributed by atoms with E-state index in [1.165, 1.54) is 12.3 Å². The van der Waals surface area contributed by atoms with Crippen LogP contribution >= 0.6 is 0 Å². The third-order valence-electron chi connectivity index (χ3n) is 1.12. The first kappa shape index (κ1) is 8.26. The molecular formula is C8H7NO3. The summed E-state index contributed by atoms with van der Waals surface area (Å²) in [4.78, 5) is 9.30. The number of nitrogens with zero attached hydrogens (tertiary/aromatic N) is 1. The van der Waals surface area contributed by atoms with Gasteiger partial charge in [-0.05, 0) is 18.2 Å². The van der Waals surface area contributed by atoms with Gasteiger partial charge in [-0.2, -0.15) is 0 Å². The lowest BCUT2D eigenvalue weighted by Gasteiger charge is -1.78. The summed E-state index contributed by atoms with van der Waals surface area (Å²) in [5.74, 6) is 0.669. The summed E-state index contributed by atoms with van der Waals surface area (Å²) >= 11 is 0. The van der Waals surface area contributed by atoms with Crippen LogP contribution in [0.3, 0.4) is 0 Å². The highest BCUT2D eigenvalue weighted by Gasteiger charge is 1.85. The Bertz CT molecular complexity index is 298. The molecule has 0 amide bonds. The van der Waals surface area contributed by atoms with Crippen molar-refractivity contribution in [2.24, 2.45) is 0 Å². The maximum Gasteiger partial charge on any atom is 0.234 e. The SMILES string of the molecule is O=[N+]([O-])/C=C\C=C/c1ccco1. The lowest BCUT2D eigenvalue weighted by molar-refractivity contribution is -0.402. The normalized spacial score (nSPS) is 11.3. The lowest BCUT2D eigenvalue weighted by Crippen LogP contribution is -1.80. The highest BCUT2D eigenvalue weighted by atomic mass is 16.6. The molecule has 0 N–H and O–H groups in total. The largest absolute Gasteiger partial charge is 0.465 e. The number of hydrogen-bond acceptors (Lipinski definition) is 3. The van der Waals surface area contributed by atoms with Crippen LogP contribution in [0, 0.1) is 10.1 Å². The number of allylic oxidation sites excluding steroid dienone is 2. The van der Waals surface area contributed by atoms with Crippen molar-refractivity contribution in [3.05, 3.63) is 52.6 Å². The Morgan fingerprint density at radius 2 is 2.33 bits per heavy atom. The second-order valence-corrected chi connectivity index (χ2v) is 2.00. The molecular weight excluding hydrogens is 158 g/mol. The predicted molar refractivity (Wildman–Crippen MR) is 43.9 cm³/mol. The van der Waals surface area contributed by atoms with E-state index in [1.54, 1.807) is 24.3 Å². The zero-order valence-corrected chi connectivity index (χ0v) is 6.21. The van der Waals surface area contributed by atoms with Gasteiger partial charge in [0.1, 0.15) is 5.76 Å². The van der Waals surface area contributed by atoms with E-state index in [1.807, 2.05) is 0 Å². The van der Waals surface area contributed by atoms with Crippen LogP contribution in [0.2, 0.25) is 0 Å². The van der Waals surface area contributed by atoms with E-state index < -0.39 is 4.92 Å². The molecule has 12 heavy (non-hydrogen) atoms. The van der Waals surface area contributed by atoms with Crippen molar-refractivity contribution in [1.82, 2.24) is 0 Å². The average molecular weight is 165 g/mol. The highest BCUT2D eigenvalue weighted by Crippen LogP contribution is 2.01. The van der Waals surface area contributed by atoms with Gasteiger partial charge in [0.2, 0.25) is 6.20 Å². The molecule has 0 atom stereocenters. The van der Waals surface area contributed by atoms with E-state index in [-0.39, 0.29) is 0 Å². The Labute approximate surface area is 69.0 Å². The zero-order valence-electron chi connectivity index (χ0n) is 6.21. The second-order valence-electron chi connectivity index (χ2n) is 2.00. The van der Waals surface area contributed by atoms with Crippen molar-refractivity contribution < 1.29 is 9.34 Å². The van der Waals surface area contributed by atoms with Crippen molar-refractivity contribution >= 4 is 6.08 Å². The third-order valence-corrected chi connectivity index (χ3v) is 1.12. The number of furan rings is 1. The molecule has 62 valence electrons. The Kier molecular flexibility index (Phi) is 2.84. The van der Waals surface area contributed by atoms with E-state index in [4.69, 9.17) is 4.42 Å². The molecule has 1 heterocycles. The standard InChI is InChI=1S/C8H7NO3/c10-9(11)6-2-1-4-8-5-3-7-12-8/h1-7H/b4-1-,6-2-. The molecule has 0 saturated heterocycles. The van der Waals surface area contributed by atoms with Crippen molar-refractivity contribution in [3.8, 4) is 0 Å². The van der Waals surface area contributed by atoms with Crippen molar-refractivity contribution in [2.75, 3.05) is 0 Å². The first-order chi connectivity index (χ1) is 5.79. The van der Waals surface area contributed by atoms with Crippen molar-refractivity contribution in [2.45, 2.75) is 0 Å². The summed E-state index contributed by atoms with van der Waals surface area (Å²) in [5.41, 5.74) is 0. The molecule has 1 rings (SSSR count). The molecule has 0 radical (unpaired) electrons. The first-order valence-electron chi connectivity index (χ1n) is 3.31. The predicted octanol–water partition coefficient (Wildman–Crippen LogP) is 2.08. The molecule has 1 aromatic heterocycles. The smallest absolute Gasteiger partial charge is 0.234 e. The van der Waals surface area contributed by atoms with Crippen LogP contribution in [0.5, 0.6) is 0 Å². The minimum absolute atomic E-state index is 0.521. The summed E-state index contributed by atoms with van der Waals surface area (Å²) in [6.07, 6.45) is 6.92. The zero-order chi connectivity index (χ0) is 8.81. The average Bonchev–Trinajstić information content (AvgIpc) is 2.49. The van der Waals surface area contributed by atoms with Crippen LogP contribution in [0.1, 0.15) is 5.76 Å². The maximum atomic E-state index is 9.82. The topological polar surface area (TPSA) is 56.3 Å². The van der Waals surface area contributed by atoms with E-state index in [2.05, 4.69) is 0 Å². The molecule has 4 heteroatoms. The minimum Gasteiger partial charge on any atom is -0.465 e. The fraction of sp³-hybridized carbons (Fsp3) is 0. The Balaban J connectivity index is 2.47. The van der Waals surface area contributed by atoms with Gasteiger partial charge in [0, 0.05) is 6.08 Å². The van der Waals surface area contributed by atoms with Crippen LogP contribution in [-0.4, -0.2) is 4.92 Å². The highest BCUT2D eigenvalue weighted by molar-refractivity contribution is 5.44. The maximum absolute atomic E-state index is 9.82. The van der Waals surface area contributed by atoms with Crippen molar-refractivity contribution in [1.29, 1.82) is 0 Å². The van der Waals surface area contributed by atoms with Gasteiger partial charge in [-0.3, -0.25) is 10.1 Å². The molecule has 0 bridgehead atoms. The second kappa shape index (κ2) is 4.12. The Hall–Kier alpha value is -1.84. The first-order valence-corrected chi connectivity index (χ1v) is 3.31. The van der Waals surface area contributed by atoms with Crippen LogP contribution in [-0.2, 0) is 0 Å². The van der Waals surface area contributed by atoms with Crippen LogP contribution < -0.4 is 0 Å². The molecule has 0 aromatic carbocycles. The molecule has 0 saturated carbocycles. The van der Waals surface area contributed by atoms with Gasteiger partial charge in [0.05, 0.1) is 11.2 Å². The summed E-state index contributed by atoms with van der Waals surface area (Å²) in [6.45, 7) is 0. The van der Waals surface area contributed by atoms with Crippen LogP contribution in [0.15, 0.2) is 41.2 Å². The Morgan fingerprint density at radius 3 is 2.92 bits per heavy atom. The summed E-state index contributed by atoms with van der Waals surface area (Å²) in [6, 6.07) is 3.51.